The number of amides is 1. The van der Waals surface area contributed by atoms with Crippen molar-refractivity contribution >= 4 is 17.3 Å². The first kappa shape index (κ1) is 15.2. The van der Waals surface area contributed by atoms with E-state index in [9.17, 15) is 20.0 Å². The zero-order chi connectivity index (χ0) is 15.8. The Morgan fingerprint density at radius 3 is 2.71 bits per heavy atom. The van der Waals surface area contributed by atoms with E-state index in [0.29, 0.717) is 30.8 Å². The van der Waals surface area contributed by atoms with Crippen LogP contribution in [0.25, 0.3) is 0 Å². The number of hydrogen-bond donors (Lipinski definition) is 2. The molecule has 0 saturated carbocycles. The number of nitrogens with zero attached hydrogens (tertiary/aromatic N) is 2. The molecule has 0 radical (unpaired) electrons. The average Bonchev–Trinajstić information content (AvgIpc) is 2.82. The van der Waals surface area contributed by atoms with Gasteiger partial charge in [-0.3, -0.25) is 14.9 Å². The van der Waals surface area contributed by atoms with Crippen LogP contribution in [0.1, 0.15) is 31.9 Å². The molecule has 2 atom stereocenters. The van der Waals surface area contributed by atoms with Crippen molar-refractivity contribution in [2.24, 2.45) is 11.1 Å². The highest BCUT2D eigenvalue weighted by Gasteiger charge is 2.40. The molecule has 21 heavy (non-hydrogen) atoms. The smallest absolute Gasteiger partial charge is 0.292 e. The van der Waals surface area contributed by atoms with Gasteiger partial charge < -0.3 is 15.7 Å². The van der Waals surface area contributed by atoms with Gasteiger partial charge in [0, 0.05) is 19.2 Å². The molecule has 1 aromatic rings. The van der Waals surface area contributed by atoms with Gasteiger partial charge in [-0.25, -0.2) is 0 Å². The van der Waals surface area contributed by atoms with Gasteiger partial charge in [0.05, 0.1) is 16.4 Å². The number of carbonyl (C=O) groups excluding carboxylic acids is 1. The number of nitrogens with two attached hydrogens (primary N) is 1. The van der Waals surface area contributed by atoms with E-state index in [2.05, 4.69) is 0 Å². The molecule has 1 aliphatic heterocycles. The molecule has 1 saturated heterocycles. The number of hydrogen-bond acceptors (Lipinski definition) is 5. The number of nitro benzene ring substituents is 1. The zero-order valence-corrected chi connectivity index (χ0v) is 12.1. The van der Waals surface area contributed by atoms with Crippen molar-refractivity contribution < 1.29 is 14.8 Å². The predicted octanol–water partition coefficient (Wildman–Crippen LogP) is 1.35. The van der Waals surface area contributed by atoms with Crippen LogP contribution in [0.4, 0.5) is 11.4 Å². The summed E-state index contributed by atoms with van der Waals surface area (Å²) >= 11 is 0. The summed E-state index contributed by atoms with van der Waals surface area (Å²) < 4.78 is 0. The van der Waals surface area contributed by atoms with Gasteiger partial charge in [0.25, 0.3) is 5.69 Å². The van der Waals surface area contributed by atoms with Gasteiger partial charge in [-0.1, -0.05) is 6.07 Å². The molecule has 7 nitrogen and oxygen atoms in total. The fraction of sp³-hybridized carbons (Fsp3) is 0.500. The summed E-state index contributed by atoms with van der Waals surface area (Å²) in [6.07, 6.45) is -0.204. The Balaban J connectivity index is 2.37. The maximum atomic E-state index is 11.5. The monoisotopic (exact) mass is 293 g/mol. The first-order valence-electron chi connectivity index (χ1n) is 6.76. The summed E-state index contributed by atoms with van der Waals surface area (Å²) in [5.74, 6) is -0.395. The van der Waals surface area contributed by atoms with E-state index in [-0.39, 0.29) is 5.69 Å². The van der Waals surface area contributed by atoms with Gasteiger partial charge >= 0.3 is 0 Å². The van der Waals surface area contributed by atoms with Crippen molar-refractivity contribution in [1.82, 2.24) is 0 Å². The fourth-order valence-electron chi connectivity index (χ4n) is 2.58. The molecule has 1 fully saturated rings. The molecule has 7 heteroatoms. The second kappa shape index (κ2) is 5.33. The Hall–Kier alpha value is -2.15. The van der Waals surface area contributed by atoms with Gasteiger partial charge in [0.15, 0.2) is 0 Å². The van der Waals surface area contributed by atoms with E-state index < -0.39 is 22.3 Å². The first-order valence-corrected chi connectivity index (χ1v) is 6.76. The molecule has 114 valence electrons. The molecular weight excluding hydrogens is 274 g/mol. The van der Waals surface area contributed by atoms with E-state index in [1.54, 1.807) is 30.9 Å². The number of aliphatic hydroxyl groups excluding tert-OH is 1. The molecule has 1 aromatic carbocycles. The summed E-state index contributed by atoms with van der Waals surface area (Å²) in [7, 11) is 0. The van der Waals surface area contributed by atoms with Gasteiger partial charge in [-0.15, -0.1) is 0 Å². The van der Waals surface area contributed by atoms with Gasteiger partial charge in [-0.05, 0) is 31.9 Å². The third-order valence-electron chi connectivity index (χ3n) is 4.09. The normalized spacial score (nSPS) is 23.1. The Bertz CT molecular complexity index is 588. The Labute approximate surface area is 122 Å². The van der Waals surface area contributed by atoms with Crippen LogP contribution < -0.4 is 10.6 Å². The third-order valence-corrected chi connectivity index (χ3v) is 4.09. The molecule has 2 rings (SSSR count). The summed E-state index contributed by atoms with van der Waals surface area (Å²) in [6.45, 7) is 4.22. The average molecular weight is 293 g/mol. The number of carbonyl (C=O) groups is 1. The predicted molar refractivity (Wildman–Crippen MR) is 77.9 cm³/mol. The van der Waals surface area contributed by atoms with Crippen LogP contribution in [0.5, 0.6) is 0 Å². The molecular formula is C14H19N3O4. The maximum Gasteiger partial charge on any atom is 0.292 e. The number of rotatable bonds is 4. The highest BCUT2D eigenvalue weighted by atomic mass is 16.6. The molecule has 1 heterocycles. The Morgan fingerprint density at radius 1 is 1.57 bits per heavy atom. The lowest BCUT2D eigenvalue weighted by Crippen LogP contribution is -2.37. The largest absolute Gasteiger partial charge is 0.389 e. The summed E-state index contributed by atoms with van der Waals surface area (Å²) in [6, 6.07) is 4.65. The number of nitro groups is 1. The van der Waals surface area contributed by atoms with Crippen molar-refractivity contribution in [2.75, 3.05) is 18.0 Å². The minimum absolute atomic E-state index is 0.0675. The van der Waals surface area contributed by atoms with Crippen LogP contribution >= 0.6 is 0 Å². The van der Waals surface area contributed by atoms with E-state index in [1.165, 1.54) is 6.07 Å². The topological polar surface area (TPSA) is 110 Å². The van der Waals surface area contributed by atoms with Gasteiger partial charge in [0.1, 0.15) is 5.69 Å². The van der Waals surface area contributed by atoms with Crippen molar-refractivity contribution in [2.45, 2.75) is 26.4 Å². The van der Waals surface area contributed by atoms with E-state index in [0.717, 1.165) is 0 Å². The summed E-state index contributed by atoms with van der Waals surface area (Å²) in [4.78, 5) is 24.1. The molecule has 0 aromatic heterocycles. The lowest BCUT2D eigenvalue weighted by Gasteiger charge is -2.22. The molecule has 3 N–H and O–H groups in total. The van der Waals surface area contributed by atoms with Crippen molar-refractivity contribution in [3.63, 3.8) is 0 Å². The highest BCUT2D eigenvalue weighted by Crippen LogP contribution is 2.38. The van der Waals surface area contributed by atoms with Crippen LogP contribution in [0.2, 0.25) is 0 Å². The van der Waals surface area contributed by atoms with Crippen molar-refractivity contribution in [1.29, 1.82) is 0 Å². The summed E-state index contributed by atoms with van der Waals surface area (Å²) in [5.41, 5.74) is 5.61. The molecule has 1 unspecified atom stereocenters. The van der Waals surface area contributed by atoms with Crippen LogP contribution in [0.15, 0.2) is 18.2 Å². The Morgan fingerprint density at radius 2 is 2.24 bits per heavy atom. The zero-order valence-electron chi connectivity index (χ0n) is 12.1. The maximum absolute atomic E-state index is 11.5. The fourth-order valence-corrected chi connectivity index (χ4v) is 2.58. The number of aliphatic hydroxyl groups is 1. The van der Waals surface area contributed by atoms with Gasteiger partial charge in [-0.2, -0.15) is 0 Å². The number of benzene rings is 1. The lowest BCUT2D eigenvalue weighted by molar-refractivity contribution is -0.384. The molecule has 0 aliphatic carbocycles. The molecule has 0 bridgehead atoms. The molecule has 1 aliphatic rings. The van der Waals surface area contributed by atoms with E-state index >= 15 is 0 Å². The molecule has 1 amide bonds. The standard InChI is InChI=1S/C14H19N3O4/c1-9(18)10-3-4-11(12(7-10)17(20)21)16-6-5-14(2,8-16)13(15)19/h3-4,7,9,18H,5-6,8H2,1-2H3,(H2,15,19)/t9-,14?/m0/s1. The Kier molecular flexibility index (Phi) is 3.87. The molecule has 0 spiro atoms. The van der Waals surface area contributed by atoms with Crippen molar-refractivity contribution in [3.05, 3.63) is 33.9 Å². The lowest BCUT2D eigenvalue weighted by atomic mass is 9.89. The SMILES string of the molecule is C[C@H](O)c1ccc(N2CCC(C)(C(N)=O)C2)c([N+](=O)[O-])c1. The van der Waals surface area contributed by atoms with Crippen LogP contribution in [-0.2, 0) is 4.79 Å². The second-order valence-electron chi connectivity index (χ2n) is 5.78. The number of anilines is 1. The van der Waals surface area contributed by atoms with Crippen LogP contribution in [-0.4, -0.2) is 29.0 Å². The first-order chi connectivity index (χ1) is 9.74. The van der Waals surface area contributed by atoms with Gasteiger partial charge in [0.2, 0.25) is 5.91 Å². The number of primary amides is 1. The van der Waals surface area contributed by atoms with Crippen molar-refractivity contribution in [3.8, 4) is 0 Å². The third kappa shape index (κ3) is 2.82. The summed E-state index contributed by atoms with van der Waals surface area (Å²) in [5, 5.41) is 20.8. The van der Waals surface area contributed by atoms with Crippen LogP contribution in [0.3, 0.4) is 0 Å². The minimum Gasteiger partial charge on any atom is -0.389 e. The van der Waals surface area contributed by atoms with E-state index in [1.807, 2.05) is 0 Å². The second-order valence-corrected chi connectivity index (χ2v) is 5.78. The highest BCUT2D eigenvalue weighted by molar-refractivity contribution is 5.82. The van der Waals surface area contributed by atoms with E-state index in [4.69, 9.17) is 5.73 Å². The minimum atomic E-state index is -0.771. The van der Waals surface area contributed by atoms with Crippen LogP contribution in [0, 0.1) is 15.5 Å². The quantitative estimate of drug-likeness (QED) is 0.643.